The van der Waals surface area contributed by atoms with Gasteiger partial charge < -0.3 is 15.0 Å². The normalized spacial score (nSPS) is 21.3. The fourth-order valence-corrected chi connectivity index (χ4v) is 3.70. The number of nitrogens with one attached hydrogen (secondary N) is 1. The van der Waals surface area contributed by atoms with E-state index in [-0.39, 0.29) is 24.5 Å². The van der Waals surface area contributed by atoms with Crippen molar-refractivity contribution in [2.24, 2.45) is 5.92 Å². The number of hydrogen-bond donors (Lipinski definition) is 1. The third-order valence-corrected chi connectivity index (χ3v) is 5.21. The number of hydrogen-bond acceptors (Lipinski definition) is 3. The number of ether oxygens (including phenoxy) is 1. The van der Waals surface area contributed by atoms with E-state index in [1.807, 2.05) is 11.0 Å². The van der Waals surface area contributed by atoms with Crippen molar-refractivity contribution in [3.05, 3.63) is 35.9 Å². The summed E-state index contributed by atoms with van der Waals surface area (Å²) < 4.78 is 5.45. The largest absolute Gasteiger partial charge is 0.378 e. The third kappa shape index (κ3) is 5.56. The summed E-state index contributed by atoms with van der Waals surface area (Å²) in [4.78, 5) is 26.0. The predicted molar refractivity (Wildman–Crippen MR) is 96.1 cm³/mol. The maximum atomic E-state index is 12.3. The van der Waals surface area contributed by atoms with Gasteiger partial charge in [-0.15, -0.1) is 0 Å². The van der Waals surface area contributed by atoms with Crippen LogP contribution in [0.4, 0.5) is 0 Å². The Bertz CT molecular complexity index is 562. The van der Waals surface area contributed by atoms with Gasteiger partial charge in [0.25, 0.3) is 0 Å². The van der Waals surface area contributed by atoms with Crippen molar-refractivity contribution in [3.63, 3.8) is 0 Å². The molecule has 2 fully saturated rings. The highest BCUT2D eigenvalue weighted by atomic mass is 16.5. The summed E-state index contributed by atoms with van der Waals surface area (Å²) >= 11 is 0. The lowest BCUT2D eigenvalue weighted by molar-refractivity contribution is -0.134. The molecule has 1 aromatic rings. The Morgan fingerprint density at radius 3 is 2.56 bits per heavy atom. The molecule has 1 N–H and O–H groups in total. The Kier molecular flexibility index (Phi) is 6.45. The van der Waals surface area contributed by atoms with Crippen molar-refractivity contribution < 1.29 is 14.3 Å². The fraction of sp³-hybridized carbons (Fsp3) is 0.600. The minimum atomic E-state index is -0.0841. The highest BCUT2D eigenvalue weighted by Crippen LogP contribution is 2.21. The Morgan fingerprint density at radius 2 is 1.88 bits per heavy atom. The van der Waals surface area contributed by atoms with Crippen molar-refractivity contribution in [1.82, 2.24) is 10.2 Å². The van der Waals surface area contributed by atoms with Crippen LogP contribution in [-0.2, 0) is 20.7 Å². The molecule has 2 heterocycles. The Balaban J connectivity index is 1.34. The summed E-state index contributed by atoms with van der Waals surface area (Å²) in [6.07, 6.45) is 5.51. The SMILES string of the molecule is O=C(C[C@@H]1CCCO1)NCC(=O)N1CCC(Cc2ccccc2)CC1. The average Bonchev–Trinajstić information content (AvgIpc) is 3.14. The molecular formula is C20H28N2O3. The van der Waals surface area contributed by atoms with Crippen LogP contribution in [0.15, 0.2) is 30.3 Å². The molecule has 2 saturated heterocycles. The summed E-state index contributed by atoms with van der Waals surface area (Å²) in [6, 6.07) is 10.5. The lowest BCUT2D eigenvalue weighted by atomic mass is 9.90. The maximum absolute atomic E-state index is 12.3. The molecule has 0 aliphatic carbocycles. The smallest absolute Gasteiger partial charge is 0.241 e. The van der Waals surface area contributed by atoms with Crippen LogP contribution in [0.2, 0.25) is 0 Å². The minimum Gasteiger partial charge on any atom is -0.378 e. The van der Waals surface area contributed by atoms with Gasteiger partial charge >= 0.3 is 0 Å². The van der Waals surface area contributed by atoms with Gasteiger partial charge in [0.05, 0.1) is 19.1 Å². The lowest BCUT2D eigenvalue weighted by Crippen LogP contribution is -2.44. The van der Waals surface area contributed by atoms with E-state index in [1.54, 1.807) is 0 Å². The van der Waals surface area contributed by atoms with E-state index in [1.165, 1.54) is 5.56 Å². The summed E-state index contributed by atoms with van der Waals surface area (Å²) in [5.41, 5.74) is 1.37. The molecule has 0 spiro atoms. The molecule has 1 aromatic carbocycles. The molecule has 0 saturated carbocycles. The molecule has 0 bridgehead atoms. The molecule has 5 heteroatoms. The van der Waals surface area contributed by atoms with Crippen LogP contribution in [0.3, 0.4) is 0 Å². The molecule has 136 valence electrons. The number of nitrogens with zero attached hydrogens (tertiary/aromatic N) is 1. The molecule has 1 atom stereocenters. The fourth-order valence-electron chi connectivity index (χ4n) is 3.70. The van der Waals surface area contributed by atoms with Gasteiger partial charge in [-0.1, -0.05) is 30.3 Å². The van der Waals surface area contributed by atoms with Crippen molar-refractivity contribution in [1.29, 1.82) is 0 Å². The molecule has 3 rings (SSSR count). The first-order valence-electron chi connectivity index (χ1n) is 9.40. The molecule has 2 amide bonds. The van der Waals surface area contributed by atoms with Gasteiger partial charge in [-0.05, 0) is 43.6 Å². The van der Waals surface area contributed by atoms with Crippen molar-refractivity contribution >= 4 is 11.8 Å². The maximum Gasteiger partial charge on any atom is 0.241 e. The van der Waals surface area contributed by atoms with Gasteiger partial charge in [-0.25, -0.2) is 0 Å². The van der Waals surface area contributed by atoms with Crippen LogP contribution in [-0.4, -0.2) is 49.1 Å². The lowest BCUT2D eigenvalue weighted by Gasteiger charge is -2.32. The zero-order chi connectivity index (χ0) is 17.5. The first kappa shape index (κ1) is 17.9. The number of likely N-dealkylation sites (tertiary alicyclic amines) is 1. The monoisotopic (exact) mass is 344 g/mol. The molecule has 25 heavy (non-hydrogen) atoms. The quantitative estimate of drug-likeness (QED) is 0.860. The van der Waals surface area contributed by atoms with E-state index in [2.05, 4.69) is 29.6 Å². The van der Waals surface area contributed by atoms with E-state index in [0.717, 1.165) is 51.8 Å². The van der Waals surface area contributed by atoms with Crippen LogP contribution >= 0.6 is 0 Å². The third-order valence-electron chi connectivity index (χ3n) is 5.21. The second-order valence-electron chi connectivity index (χ2n) is 7.13. The standard InChI is InChI=1S/C20H28N2O3/c23-19(14-18-7-4-12-25-18)21-15-20(24)22-10-8-17(9-11-22)13-16-5-2-1-3-6-16/h1-3,5-6,17-18H,4,7-15H2,(H,21,23)/t18-/m0/s1. The van der Waals surface area contributed by atoms with Gasteiger partial charge in [0.15, 0.2) is 0 Å². The molecular weight excluding hydrogens is 316 g/mol. The molecule has 0 unspecified atom stereocenters. The van der Waals surface area contributed by atoms with Gasteiger partial charge in [-0.2, -0.15) is 0 Å². The molecule has 5 nitrogen and oxygen atoms in total. The Morgan fingerprint density at radius 1 is 1.12 bits per heavy atom. The Labute approximate surface area is 149 Å². The number of carbonyl (C=O) groups is 2. The van der Waals surface area contributed by atoms with E-state index >= 15 is 0 Å². The summed E-state index contributed by atoms with van der Waals surface area (Å²) in [5.74, 6) is 0.582. The zero-order valence-corrected chi connectivity index (χ0v) is 14.8. The zero-order valence-electron chi connectivity index (χ0n) is 14.8. The highest BCUT2D eigenvalue weighted by Gasteiger charge is 2.24. The molecule has 0 radical (unpaired) electrons. The van der Waals surface area contributed by atoms with Gasteiger partial charge in [0, 0.05) is 19.7 Å². The summed E-state index contributed by atoms with van der Waals surface area (Å²) in [7, 11) is 0. The van der Waals surface area contributed by atoms with Crippen molar-refractivity contribution in [2.75, 3.05) is 26.2 Å². The number of rotatable bonds is 6. The van der Waals surface area contributed by atoms with E-state index < -0.39 is 0 Å². The van der Waals surface area contributed by atoms with Crippen molar-refractivity contribution in [3.8, 4) is 0 Å². The van der Waals surface area contributed by atoms with Gasteiger partial charge in [0.1, 0.15) is 0 Å². The molecule has 2 aliphatic rings. The number of piperidine rings is 1. The summed E-state index contributed by atoms with van der Waals surface area (Å²) in [5, 5.41) is 2.75. The van der Waals surface area contributed by atoms with Crippen LogP contribution in [0, 0.1) is 5.92 Å². The van der Waals surface area contributed by atoms with Gasteiger partial charge in [-0.3, -0.25) is 9.59 Å². The van der Waals surface area contributed by atoms with E-state index in [0.29, 0.717) is 12.3 Å². The van der Waals surface area contributed by atoms with E-state index in [9.17, 15) is 9.59 Å². The Hall–Kier alpha value is -1.88. The van der Waals surface area contributed by atoms with Gasteiger partial charge in [0.2, 0.25) is 11.8 Å². The highest BCUT2D eigenvalue weighted by molar-refractivity contribution is 5.85. The number of carbonyl (C=O) groups excluding carboxylic acids is 2. The predicted octanol–water partition coefficient (Wildman–Crippen LogP) is 2.15. The van der Waals surface area contributed by atoms with Crippen LogP contribution in [0.5, 0.6) is 0 Å². The second-order valence-corrected chi connectivity index (χ2v) is 7.13. The molecule has 0 aromatic heterocycles. The van der Waals surface area contributed by atoms with Crippen LogP contribution in [0.1, 0.15) is 37.7 Å². The number of benzene rings is 1. The van der Waals surface area contributed by atoms with Crippen molar-refractivity contribution in [2.45, 2.75) is 44.6 Å². The van der Waals surface area contributed by atoms with Crippen LogP contribution < -0.4 is 5.32 Å². The molecule has 2 aliphatic heterocycles. The minimum absolute atomic E-state index is 0.0267. The first-order valence-corrected chi connectivity index (χ1v) is 9.40. The average molecular weight is 344 g/mol. The second kappa shape index (κ2) is 8.99. The first-order chi connectivity index (χ1) is 12.2. The number of amides is 2. The van der Waals surface area contributed by atoms with E-state index in [4.69, 9.17) is 4.74 Å². The topological polar surface area (TPSA) is 58.6 Å². The summed E-state index contributed by atoms with van der Waals surface area (Å²) in [6.45, 7) is 2.43. The van der Waals surface area contributed by atoms with Crippen LogP contribution in [0.25, 0.3) is 0 Å².